The number of benzene rings is 1. The van der Waals surface area contributed by atoms with Crippen LogP contribution in [0.3, 0.4) is 0 Å². The Labute approximate surface area is 286 Å². The summed E-state index contributed by atoms with van der Waals surface area (Å²) in [6.45, 7) is 6.62. The number of allylic oxidation sites excluding steroid dienone is 4. The predicted octanol–water partition coefficient (Wildman–Crippen LogP) is 5.65. The van der Waals surface area contributed by atoms with Crippen molar-refractivity contribution in [3.8, 4) is 5.82 Å². The van der Waals surface area contributed by atoms with Gasteiger partial charge in [0.2, 0.25) is 11.9 Å². The Morgan fingerprint density at radius 3 is 2.67 bits per heavy atom. The molecule has 9 rings (SSSR count). The van der Waals surface area contributed by atoms with E-state index in [0.29, 0.717) is 29.8 Å². The summed E-state index contributed by atoms with van der Waals surface area (Å²) in [5, 5.41) is 11.5. The molecule has 3 aliphatic carbocycles. The van der Waals surface area contributed by atoms with Crippen LogP contribution in [0.25, 0.3) is 5.82 Å². The molecule has 2 fully saturated rings. The molecule has 258 valence electrons. The van der Waals surface area contributed by atoms with Crippen LogP contribution in [0.4, 0.5) is 33.3 Å². The largest absolute Gasteiger partial charge is 0.466 e. The van der Waals surface area contributed by atoms with E-state index in [1.807, 2.05) is 19.1 Å². The molecule has 1 atom stereocenters. The molecule has 1 aromatic carbocycles. The molecule has 1 unspecified atom stereocenters. The number of nitrogen functional groups attached to an aromatic ring is 1. The van der Waals surface area contributed by atoms with E-state index in [1.54, 1.807) is 4.68 Å². The standard InChI is InChI=1S/C37H46FN9O2/c1-2-49-34(48)25-10-18-45(19-11-25)27-12-20-46(21-13-27)31-6-5-26(22-29(31)38)41-36-43-35(39)47(44-36)32-23-28(33-30(42-32)4-3-17-40-33)37-14-7-24(8-15-37)9-16-37/h5-8,14,22-23,25,27,40H,2-4,9-13,15-21H2,1H3,(H3,39,41,43,44). The van der Waals surface area contributed by atoms with Crippen molar-refractivity contribution < 1.29 is 13.9 Å². The Morgan fingerprint density at radius 2 is 1.96 bits per heavy atom. The minimum absolute atomic E-state index is 0.0143. The predicted molar refractivity (Wildman–Crippen MR) is 189 cm³/mol. The first-order valence-corrected chi connectivity index (χ1v) is 18.0. The molecule has 0 radical (unpaired) electrons. The molecule has 12 heteroatoms. The van der Waals surface area contributed by atoms with Gasteiger partial charge in [0.25, 0.3) is 0 Å². The van der Waals surface area contributed by atoms with Crippen LogP contribution in [-0.2, 0) is 21.4 Å². The first-order valence-electron chi connectivity index (χ1n) is 18.0. The number of hydrogen-bond acceptors (Lipinski definition) is 10. The molecular formula is C37H46FN9O2. The number of nitrogens with two attached hydrogens (primary N) is 1. The molecule has 6 aliphatic rings. The number of anilines is 5. The van der Waals surface area contributed by atoms with Gasteiger partial charge in [0.1, 0.15) is 5.82 Å². The zero-order valence-corrected chi connectivity index (χ0v) is 28.3. The highest BCUT2D eigenvalue weighted by Gasteiger charge is 2.38. The fourth-order valence-corrected chi connectivity index (χ4v) is 8.47. The number of likely N-dealkylation sites (tertiary alicyclic amines) is 1. The first kappa shape index (κ1) is 31.8. The van der Waals surface area contributed by atoms with E-state index < -0.39 is 0 Å². The normalized spacial score (nSPS) is 22.8. The summed E-state index contributed by atoms with van der Waals surface area (Å²) in [6.07, 6.45) is 15.7. The second-order valence-electron chi connectivity index (χ2n) is 14.1. The molecule has 4 N–H and O–H groups in total. The lowest BCUT2D eigenvalue weighted by Gasteiger charge is -2.42. The maximum absolute atomic E-state index is 15.5. The number of fused-ring (bicyclic) bond motifs is 3. The second kappa shape index (κ2) is 13.1. The van der Waals surface area contributed by atoms with Gasteiger partial charge in [-0.1, -0.05) is 23.8 Å². The van der Waals surface area contributed by atoms with Crippen LogP contribution >= 0.6 is 0 Å². The number of hydrogen-bond donors (Lipinski definition) is 3. The lowest BCUT2D eigenvalue weighted by Crippen LogP contribution is -2.48. The lowest BCUT2D eigenvalue weighted by molar-refractivity contribution is -0.149. The number of carbonyl (C=O) groups is 1. The minimum atomic E-state index is -0.288. The highest BCUT2D eigenvalue weighted by Crippen LogP contribution is 2.48. The Balaban J connectivity index is 0.935. The van der Waals surface area contributed by atoms with E-state index in [4.69, 9.17) is 15.5 Å². The number of pyridine rings is 1. The Morgan fingerprint density at radius 1 is 1.12 bits per heavy atom. The average molecular weight is 668 g/mol. The number of nitrogens with zero attached hydrogens (tertiary/aromatic N) is 6. The number of rotatable bonds is 8. The third kappa shape index (κ3) is 6.15. The number of aryl methyl sites for hydroxylation is 1. The van der Waals surface area contributed by atoms with Crippen LogP contribution < -0.4 is 21.3 Å². The molecule has 2 aromatic heterocycles. The maximum Gasteiger partial charge on any atom is 0.309 e. The fourth-order valence-electron chi connectivity index (χ4n) is 8.47. The molecule has 3 aliphatic heterocycles. The fraction of sp³-hybridized carbons (Fsp3) is 0.514. The molecule has 3 aromatic rings. The summed E-state index contributed by atoms with van der Waals surface area (Å²) in [6, 6.07) is 7.76. The summed E-state index contributed by atoms with van der Waals surface area (Å²) in [7, 11) is 0. The number of carbonyl (C=O) groups excluding carboxylic acids is 1. The zero-order valence-electron chi connectivity index (χ0n) is 28.3. The number of piperidine rings is 2. The molecule has 11 nitrogen and oxygen atoms in total. The Bertz CT molecular complexity index is 1790. The van der Waals surface area contributed by atoms with Crippen LogP contribution in [0.1, 0.15) is 69.5 Å². The summed E-state index contributed by atoms with van der Waals surface area (Å²) >= 11 is 0. The third-order valence-electron chi connectivity index (χ3n) is 11.2. The van der Waals surface area contributed by atoms with Gasteiger partial charge in [0.05, 0.1) is 29.6 Å². The van der Waals surface area contributed by atoms with Crippen molar-refractivity contribution >= 4 is 34.9 Å². The van der Waals surface area contributed by atoms with Gasteiger partial charge in [-0.05, 0) is 108 Å². The Hall–Kier alpha value is -4.45. The first-order chi connectivity index (χ1) is 23.9. The van der Waals surface area contributed by atoms with Gasteiger partial charge in [0.15, 0.2) is 5.82 Å². The van der Waals surface area contributed by atoms with Crippen LogP contribution in [0.5, 0.6) is 0 Å². The summed E-state index contributed by atoms with van der Waals surface area (Å²) in [4.78, 5) is 26.2. The number of halogens is 1. The SMILES string of the molecule is CCOC(=O)C1CCN(C2CCN(c3ccc(Nc4nc(N)n(-c5cc(C67C=CC(=CC6)CC7)c6c(n5)CCCN6)n4)cc3F)CC2)CC1. The minimum Gasteiger partial charge on any atom is -0.466 e. The van der Waals surface area contributed by atoms with Gasteiger partial charge in [-0.2, -0.15) is 9.67 Å². The van der Waals surface area contributed by atoms with E-state index in [9.17, 15) is 4.79 Å². The van der Waals surface area contributed by atoms with Crippen LogP contribution in [0.2, 0.25) is 0 Å². The zero-order chi connectivity index (χ0) is 33.5. The van der Waals surface area contributed by atoms with Crippen molar-refractivity contribution in [3.63, 3.8) is 0 Å². The highest BCUT2D eigenvalue weighted by molar-refractivity contribution is 5.72. The molecule has 2 saturated heterocycles. The third-order valence-corrected chi connectivity index (χ3v) is 11.2. The number of ether oxygens (including phenoxy) is 1. The molecular weight excluding hydrogens is 621 g/mol. The van der Waals surface area contributed by atoms with E-state index in [1.165, 1.54) is 17.2 Å². The topological polar surface area (TPSA) is 126 Å². The van der Waals surface area contributed by atoms with Gasteiger partial charge >= 0.3 is 5.97 Å². The van der Waals surface area contributed by atoms with Gasteiger partial charge in [-0.3, -0.25) is 4.79 Å². The van der Waals surface area contributed by atoms with Crippen molar-refractivity contribution in [1.29, 1.82) is 0 Å². The van der Waals surface area contributed by atoms with E-state index in [2.05, 4.69) is 54.8 Å². The second-order valence-corrected chi connectivity index (χ2v) is 14.1. The monoisotopic (exact) mass is 667 g/mol. The van der Waals surface area contributed by atoms with Gasteiger partial charge in [-0.15, -0.1) is 5.10 Å². The van der Waals surface area contributed by atoms with Crippen LogP contribution in [0, 0.1) is 11.7 Å². The number of nitrogens with one attached hydrogen (secondary N) is 2. The van der Waals surface area contributed by atoms with Crippen LogP contribution in [-0.4, -0.2) is 76.0 Å². The molecule has 49 heavy (non-hydrogen) atoms. The molecule has 2 bridgehead atoms. The number of esters is 1. The molecule has 5 heterocycles. The van der Waals surface area contributed by atoms with Crippen molar-refractivity contribution in [2.75, 3.05) is 60.6 Å². The van der Waals surface area contributed by atoms with Crippen molar-refractivity contribution in [3.05, 3.63) is 65.1 Å². The van der Waals surface area contributed by atoms with Crippen molar-refractivity contribution in [1.82, 2.24) is 24.6 Å². The lowest BCUT2D eigenvalue weighted by atomic mass is 9.65. The van der Waals surface area contributed by atoms with E-state index in [0.717, 1.165) is 102 Å². The molecule has 0 saturated carbocycles. The van der Waals surface area contributed by atoms with Crippen molar-refractivity contribution in [2.45, 2.75) is 76.2 Å². The molecule has 0 spiro atoms. The van der Waals surface area contributed by atoms with Crippen molar-refractivity contribution in [2.24, 2.45) is 5.92 Å². The smallest absolute Gasteiger partial charge is 0.309 e. The summed E-state index contributed by atoms with van der Waals surface area (Å²) in [5.41, 5.74) is 12.3. The maximum atomic E-state index is 15.5. The van der Waals surface area contributed by atoms with Crippen LogP contribution in [0.15, 0.2) is 48.1 Å². The van der Waals surface area contributed by atoms with E-state index >= 15 is 4.39 Å². The quantitative estimate of drug-likeness (QED) is 0.260. The highest BCUT2D eigenvalue weighted by atomic mass is 19.1. The summed E-state index contributed by atoms with van der Waals surface area (Å²) < 4.78 is 22.4. The Kier molecular flexibility index (Phi) is 8.51. The van der Waals surface area contributed by atoms with E-state index in [-0.39, 0.29) is 35.0 Å². The summed E-state index contributed by atoms with van der Waals surface area (Å²) in [5.74, 6) is 0.819. The van der Waals surface area contributed by atoms with Gasteiger partial charge in [-0.25, -0.2) is 9.37 Å². The number of aromatic nitrogens is 4. The average Bonchev–Trinajstić information content (AvgIpc) is 3.51. The van der Waals surface area contributed by atoms with Gasteiger partial charge < -0.3 is 30.9 Å². The van der Waals surface area contributed by atoms with Gasteiger partial charge in [0, 0.05) is 36.8 Å². The molecule has 0 amide bonds.